The lowest BCUT2D eigenvalue weighted by molar-refractivity contribution is -0.133. The first-order valence-corrected chi connectivity index (χ1v) is 8.03. The number of amides is 1. The van der Waals surface area contributed by atoms with Crippen molar-refractivity contribution in [3.63, 3.8) is 0 Å². The Balaban J connectivity index is 2.00. The topological polar surface area (TPSA) is 84.2 Å². The largest absolute Gasteiger partial charge is 0.481 e. The number of carboxylic acids is 1. The van der Waals surface area contributed by atoms with Crippen LogP contribution < -0.4 is 5.32 Å². The first-order valence-electron chi connectivity index (χ1n) is 6.88. The molecule has 0 fully saturated rings. The van der Waals surface area contributed by atoms with Gasteiger partial charge in [-0.1, -0.05) is 12.1 Å². The summed E-state index contributed by atoms with van der Waals surface area (Å²) in [7, 11) is 0. The van der Waals surface area contributed by atoms with E-state index in [1.54, 1.807) is 25.1 Å². The van der Waals surface area contributed by atoms with Crippen molar-refractivity contribution in [1.29, 1.82) is 0 Å². The molecular weight excluding hydrogens is 321 g/mol. The summed E-state index contributed by atoms with van der Waals surface area (Å²) in [5, 5.41) is 15.3. The number of benzene rings is 1. The predicted molar refractivity (Wildman–Crippen MR) is 85.6 cm³/mol. The normalized spacial score (nSPS) is 10.5. The van der Waals surface area contributed by atoms with E-state index in [-0.39, 0.29) is 17.3 Å². The first kappa shape index (κ1) is 17.0. The maximum Gasteiger partial charge on any atom is 0.313 e. The molecule has 0 radical (unpaired) electrons. The lowest BCUT2D eigenvalue weighted by Crippen LogP contribution is -2.26. The van der Waals surface area contributed by atoms with E-state index in [1.807, 2.05) is 0 Å². The second-order valence-corrected chi connectivity index (χ2v) is 5.81. The molecule has 1 aromatic carbocycles. The van der Waals surface area contributed by atoms with Crippen LogP contribution >= 0.6 is 11.8 Å². The molecule has 2 N–H and O–H groups in total. The smallest absolute Gasteiger partial charge is 0.313 e. The van der Waals surface area contributed by atoms with Crippen LogP contribution in [0.2, 0.25) is 0 Å². The molecule has 2 aromatic rings. The highest BCUT2D eigenvalue weighted by Gasteiger charge is 2.16. The summed E-state index contributed by atoms with van der Waals surface area (Å²) in [5.74, 6) is -1.13. The molecule has 0 aliphatic carbocycles. The second-order valence-electron chi connectivity index (χ2n) is 4.71. The van der Waals surface area contributed by atoms with E-state index in [0.717, 1.165) is 0 Å². The number of nitrogens with zero attached hydrogens (tertiary/aromatic N) is 2. The third kappa shape index (κ3) is 4.32. The Bertz CT molecular complexity index is 718. The Kier molecular flexibility index (Phi) is 5.75. The van der Waals surface area contributed by atoms with Gasteiger partial charge in [-0.05, 0) is 19.1 Å². The molecule has 0 aliphatic heterocycles. The van der Waals surface area contributed by atoms with Crippen LogP contribution in [0, 0.1) is 12.7 Å². The SMILES string of the molecule is Cc1c(C(=O)NCCSCC(=O)O)cnn1-c1ccccc1F. The third-order valence-electron chi connectivity index (χ3n) is 3.09. The zero-order chi connectivity index (χ0) is 16.8. The molecule has 1 heterocycles. The van der Waals surface area contributed by atoms with Crippen LogP contribution in [0.1, 0.15) is 16.1 Å². The lowest BCUT2D eigenvalue weighted by atomic mass is 10.2. The fourth-order valence-corrected chi connectivity index (χ4v) is 2.56. The number of carbonyl (C=O) groups is 2. The minimum atomic E-state index is -0.886. The van der Waals surface area contributed by atoms with Gasteiger partial charge in [0.05, 0.1) is 23.2 Å². The Morgan fingerprint density at radius 1 is 1.39 bits per heavy atom. The Labute approximate surface area is 136 Å². The van der Waals surface area contributed by atoms with E-state index in [9.17, 15) is 14.0 Å². The molecule has 0 atom stereocenters. The quantitative estimate of drug-likeness (QED) is 0.754. The van der Waals surface area contributed by atoms with Gasteiger partial charge >= 0.3 is 5.97 Å². The fraction of sp³-hybridized carbons (Fsp3) is 0.267. The van der Waals surface area contributed by atoms with Gasteiger partial charge < -0.3 is 10.4 Å². The molecule has 1 aromatic heterocycles. The molecule has 0 aliphatic rings. The zero-order valence-corrected chi connectivity index (χ0v) is 13.3. The standard InChI is InChI=1S/C15H16FN3O3S/c1-10-11(15(22)17-6-7-23-9-14(20)21)8-18-19(10)13-5-3-2-4-12(13)16/h2-5,8H,6-7,9H2,1H3,(H,17,22)(H,20,21). The first-order chi connectivity index (χ1) is 11.0. The van der Waals surface area contributed by atoms with Crippen molar-refractivity contribution < 1.29 is 19.1 Å². The van der Waals surface area contributed by atoms with Crippen LogP contribution in [0.15, 0.2) is 30.5 Å². The summed E-state index contributed by atoms with van der Waals surface area (Å²) in [6, 6.07) is 6.19. The van der Waals surface area contributed by atoms with E-state index in [4.69, 9.17) is 5.11 Å². The van der Waals surface area contributed by atoms with Gasteiger partial charge in [0, 0.05) is 12.3 Å². The van der Waals surface area contributed by atoms with Gasteiger partial charge in [0.1, 0.15) is 11.5 Å². The van der Waals surface area contributed by atoms with E-state index in [1.165, 1.54) is 28.7 Å². The Hall–Kier alpha value is -2.35. The number of thioether (sulfide) groups is 1. The van der Waals surface area contributed by atoms with E-state index >= 15 is 0 Å². The van der Waals surface area contributed by atoms with Crippen LogP contribution in [-0.2, 0) is 4.79 Å². The molecule has 23 heavy (non-hydrogen) atoms. The number of hydrogen-bond donors (Lipinski definition) is 2. The van der Waals surface area contributed by atoms with Crippen molar-refractivity contribution >= 4 is 23.6 Å². The number of para-hydroxylation sites is 1. The van der Waals surface area contributed by atoms with Crippen LogP contribution in [0.5, 0.6) is 0 Å². The summed E-state index contributed by atoms with van der Waals surface area (Å²) in [5.41, 5.74) is 1.17. The summed E-state index contributed by atoms with van der Waals surface area (Å²) < 4.78 is 15.2. The highest BCUT2D eigenvalue weighted by atomic mass is 32.2. The average molecular weight is 337 g/mol. The van der Waals surface area contributed by atoms with Crippen molar-refractivity contribution in [3.8, 4) is 5.69 Å². The van der Waals surface area contributed by atoms with E-state index in [2.05, 4.69) is 10.4 Å². The highest BCUT2D eigenvalue weighted by Crippen LogP contribution is 2.16. The number of carbonyl (C=O) groups excluding carboxylic acids is 1. The average Bonchev–Trinajstić information content (AvgIpc) is 2.88. The molecular formula is C15H16FN3O3S. The predicted octanol–water partition coefficient (Wildman–Crippen LogP) is 1.87. The van der Waals surface area contributed by atoms with Gasteiger partial charge in [-0.3, -0.25) is 9.59 Å². The minimum Gasteiger partial charge on any atom is -0.481 e. The summed E-state index contributed by atoms with van der Waals surface area (Å²) in [6.45, 7) is 2.04. The molecule has 6 nitrogen and oxygen atoms in total. The molecule has 0 saturated heterocycles. The van der Waals surface area contributed by atoms with Gasteiger partial charge in [-0.15, -0.1) is 11.8 Å². The van der Waals surface area contributed by atoms with Gasteiger partial charge in [-0.2, -0.15) is 5.10 Å². The van der Waals surface area contributed by atoms with Crippen molar-refractivity contribution in [2.45, 2.75) is 6.92 Å². The summed E-state index contributed by atoms with van der Waals surface area (Å²) in [4.78, 5) is 22.5. The molecule has 0 spiro atoms. The second kappa shape index (κ2) is 7.77. The van der Waals surface area contributed by atoms with Crippen molar-refractivity contribution in [3.05, 3.63) is 47.5 Å². The number of carboxylic acid groups (broad SMARTS) is 1. The molecule has 0 unspecified atom stereocenters. The molecule has 2 rings (SSSR count). The summed E-state index contributed by atoms with van der Waals surface area (Å²) in [6.07, 6.45) is 1.39. The number of nitrogens with one attached hydrogen (secondary N) is 1. The Morgan fingerprint density at radius 2 is 2.13 bits per heavy atom. The maximum atomic E-state index is 13.8. The molecule has 1 amide bonds. The molecule has 0 bridgehead atoms. The zero-order valence-electron chi connectivity index (χ0n) is 12.5. The number of aliphatic carboxylic acids is 1. The van der Waals surface area contributed by atoms with Crippen molar-refractivity contribution in [2.75, 3.05) is 18.1 Å². The van der Waals surface area contributed by atoms with Crippen molar-refractivity contribution in [1.82, 2.24) is 15.1 Å². The Morgan fingerprint density at radius 3 is 2.83 bits per heavy atom. The number of hydrogen-bond acceptors (Lipinski definition) is 4. The van der Waals surface area contributed by atoms with Crippen LogP contribution in [-0.4, -0.2) is 44.8 Å². The monoisotopic (exact) mass is 337 g/mol. The number of halogens is 1. The van der Waals surface area contributed by atoms with Crippen molar-refractivity contribution in [2.24, 2.45) is 0 Å². The van der Waals surface area contributed by atoms with Crippen LogP contribution in [0.25, 0.3) is 5.69 Å². The van der Waals surface area contributed by atoms with Crippen LogP contribution in [0.4, 0.5) is 4.39 Å². The fourth-order valence-electron chi connectivity index (χ4n) is 1.99. The summed E-state index contributed by atoms with van der Waals surface area (Å²) >= 11 is 1.22. The van der Waals surface area contributed by atoms with E-state index in [0.29, 0.717) is 23.6 Å². The molecule has 0 saturated carbocycles. The highest BCUT2D eigenvalue weighted by molar-refractivity contribution is 7.99. The van der Waals surface area contributed by atoms with E-state index < -0.39 is 11.8 Å². The lowest BCUT2D eigenvalue weighted by Gasteiger charge is -2.07. The van der Waals surface area contributed by atoms with Gasteiger partial charge in [0.2, 0.25) is 0 Å². The van der Waals surface area contributed by atoms with Gasteiger partial charge in [0.15, 0.2) is 0 Å². The minimum absolute atomic E-state index is 0.000114. The molecule has 122 valence electrons. The number of rotatable bonds is 7. The van der Waals surface area contributed by atoms with Crippen LogP contribution in [0.3, 0.4) is 0 Å². The van der Waals surface area contributed by atoms with Gasteiger partial charge in [0.25, 0.3) is 5.91 Å². The number of aromatic nitrogens is 2. The third-order valence-corrected chi connectivity index (χ3v) is 4.04. The molecule has 8 heteroatoms. The maximum absolute atomic E-state index is 13.8. The van der Waals surface area contributed by atoms with Gasteiger partial charge in [-0.25, -0.2) is 9.07 Å².